The number of aliphatic hydroxyl groups excluding tert-OH is 2. The first-order valence-corrected chi connectivity index (χ1v) is 4.38. The Morgan fingerprint density at radius 2 is 2.21 bits per heavy atom. The molecule has 0 aromatic carbocycles. The van der Waals surface area contributed by atoms with E-state index in [1.807, 2.05) is 0 Å². The maximum absolute atomic E-state index is 10.7. The molecule has 0 amide bonds. The molecule has 78 valence electrons. The molecule has 0 aliphatic carbocycles. The summed E-state index contributed by atoms with van der Waals surface area (Å²) in [6.45, 7) is 3.39. The van der Waals surface area contributed by atoms with E-state index in [0.717, 1.165) is 6.29 Å². The van der Waals surface area contributed by atoms with Gasteiger partial charge in [0.25, 0.3) is 0 Å². The second-order valence-corrected chi connectivity index (χ2v) is 3.22. The van der Waals surface area contributed by atoms with Gasteiger partial charge in [0.2, 0.25) is 0 Å². The van der Waals surface area contributed by atoms with Crippen molar-refractivity contribution >= 4 is 6.29 Å². The van der Waals surface area contributed by atoms with Crippen LogP contribution in [0.4, 0.5) is 0 Å². The zero-order valence-electron chi connectivity index (χ0n) is 8.27. The van der Waals surface area contributed by atoms with Gasteiger partial charge in [-0.15, -0.1) is 0 Å². The molecule has 0 aliphatic rings. The molecule has 1 heterocycles. The Morgan fingerprint density at radius 1 is 1.57 bits per heavy atom. The third kappa shape index (κ3) is 2.00. The average molecular weight is 198 g/mol. The first-order valence-electron chi connectivity index (χ1n) is 4.38. The van der Waals surface area contributed by atoms with Gasteiger partial charge in [0.05, 0.1) is 30.5 Å². The Morgan fingerprint density at radius 3 is 2.64 bits per heavy atom. The maximum atomic E-state index is 10.7. The van der Waals surface area contributed by atoms with E-state index in [1.165, 1.54) is 4.68 Å². The number of rotatable bonds is 4. The van der Waals surface area contributed by atoms with E-state index >= 15 is 0 Å². The van der Waals surface area contributed by atoms with Crippen molar-refractivity contribution in [1.29, 1.82) is 0 Å². The van der Waals surface area contributed by atoms with Gasteiger partial charge in [0.15, 0.2) is 6.29 Å². The highest BCUT2D eigenvalue weighted by molar-refractivity contribution is 5.77. The number of aryl methyl sites for hydroxylation is 1. The van der Waals surface area contributed by atoms with Crippen LogP contribution in [-0.4, -0.2) is 39.0 Å². The smallest absolute Gasteiger partial charge is 0.153 e. The van der Waals surface area contributed by atoms with E-state index in [1.54, 1.807) is 13.8 Å². The molecule has 0 spiro atoms. The second kappa shape index (κ2) is 4.34. The van der Waals surface area contributed by atoms with E-state index in [4.69, 9.17) is 5.11 Å². The Kier molecular flexibility index (Phi) is 3.38. The number of hydrogen-bond acceptors (Lipinski definition) is 4. The van der Waals surface area contributed by atoms with Crippen molar-refractivity contribution in [3.8, 4) is 0 Å². The minimum atomic E-state index is -0.840. The summed E-state index contributed by atoms with van der Waals surface area (Å²) in [5, 5.41) is 22.0. The fraction of sp³-hybridized carbons (Fsp3) is 0.556. The highest BCUT2D eigenvalue weighted by Crippen LogP contribution is 2.10. The molecule has 14 heavy (non-hydrogen) atoms. The highest BCUT2D eigenvalue weighted by Gasteiger charge is 2.12. The molecule has 0 fully saturated rings. The van der Waals surface area contributed by atoms with Gasteiger partial charge in [0, 0.05) is 5.69 Å². The monoisotopic (exact) mass is 198 g/mol. The summed E-state index contributed by atoms with van der Waals surface area (Å²) in [6.07, 6.45) is -0.0908. The summed E-state index contributed by atoms with van der Waals surface area (Å²) in [5.41, 5.74) is 1.91. The van der Waals surface area contributed by atoms with Crippen LogP contribution >= 0.6 is 0 Å². The number of carbonyl (C=O) groups excluding carboxylic acids is 1. The Labute approximate surface area is 82.0 Å². The molecule has 5 heteroatoms. The Balaban J connectivity index is 2.93. The van der Waals surface area contributed by atoms with Crippen LogP contribution in [0.25, 0.3) is 0 Å². The van der Waals surface area contributed by atoms with Crippen molar-refractivity contribution in [3.05, 3.63) is 17.0 Å². The van der Waals surface area contributed by atoms with Crippen LogP contribution in [0.15, 0.2) is 0 Å². The van der Waals surface area contributed by atoms with Crippen LogP contribution in [-0.2, 0) is 6.54 Å². The fourth-order valence-electron chi connectivity index (χ4n) is 1.32. The van der Waals surface area contributed by atoms with Gasteiger partial charge in [-0.25, -0.2) is 0 Å². The van der Waals surface area contributed by atoms with Gasteiger partial charge in [-0.05, 0) is 13.8 Å². The van der Waals surface area contributed by atoms with Crippen molar-refractivity contribution in [2.24, 2.45) is 0 Å². The van der Waals surface area contributed by atoms with Gasteiger partial charge < -0.3 is 10.2 Å². The molecule has 0 bridgehead atoms. The first-order chi connectivity index (χ1) is 6.60. The maximum Gasteiger partial charge on any atom is 0.153 e. The van der Waals surface area contributed by atoms with Crippen molar-refractivity contribution in [2.45, 2.75) is 26.5 Å². The molecule has 0 saturated heterocycles. The lowest BCUT2D eigenvalue weighted by atomic mass is 10.2. The van der Waals surface area contributed by atoms with E-state index in [0.29, 0.717) is 17.0 Å². The third-order valence-electron chi connectivity index (χ3n) is 2.15. The van der Waals surface area contributed by atoms with E-state index in [2.05, 4.69) is 5.10 Å². The normalized spacial score (nSPS) is 12.9. The lowest BCUT2D eigenvalue weighted by molar-refractivity contribution is 0.0776. The van der Waals surface area contributed by atoms with Crippen LogP contribution in [0.1, 0.15) is 21.7 Å². The minimum absolute atomic E-state index is 0.205. The molecule has 2 N–H and O–H groups in total. The molecule has 1 rings (SSSR count). The lowest BCUT2D eigenvalue weighted by Crippen LogP contribution is -2.21. The molecule has 1 aromatic rings. The van der Waals surface area contributed by atoms with Gasteiger partial charge in [-0.1, -0.05) is 0 Å². The molecule has 1 atom stereocenters. The van der Waals surface area contributed by atoms with E-state index < -0.39 is 6.10 Å². The molecule has 0 saturated carbocycles. The van der Waals surface area contributed by atoms with Gasteiger partial charge >= 0.3 is 0 Å². The molecule has 1 unspecified atom stereocenters. The van der Waals surface area contributed by atoms with Crippen LogP contribution in [0.3, 0.4) is 0 Å². The zero-order valence-corrected chi connectivity index (χ0v) is 8.27. The molecule has 0 aliphatic heterocycles. The summed E-state index contributed by atoms with van der Waals surface area (Å²) < 4.78 is 1.53. The predicted octanol–water partition coefficient (Wildman–Crippen LogP) is -0.334. The number of aliphatic hydroxyl groups is 2. The number of hydrogen-bond donors (Lipinski definition) is 2. The van der Waals surface area contributed by atoms with Crippen LogP contribution in [0.2, 0.25) is 0 Å². The Bertz CT molecular complexity index is 333. The third-order valence-corrected chi connectivity index (χ3v) is 2.15. The van der Waals surface area contributed by atoms with E-state index in [-0.39, 0.29) is 13.2 Å². The first kappa shape index (κ1) is 10.9. The molecule has 5 nitrogen and oxygen atoms in total. The van der Waals surface area contributed by atoms with Crippen molar-refractivity contribution in [2.75, 3.05) is 6.61 Å². The highest BCUT2D eigenvalue weighted by atomic mass is 16.3. The SMILES string of the molecule is Cc1nn(CC(O)CO)c(C)c1C=O. The molecular formula is C9H14N2O3. The van der Waals surface area contributed by atoms with Crippen LogP contribution in [0, 0.1) is 13.8 Å². The molecular weight excluding hydrogens is 184 g/mol. The summed E-state index contributed by atoms with van der Waals surface area (Å²) in [5.74, 6) is 0. The van der Waals surface area contributed by atoms with Gasteiger partial charge in [-0.3, -0.25) is 9.48 Å². The topological polar surface area (TPSA) is 75.3 Å². The number of aromatic nitrogens is 2. The zero-order chi connectivity index (χ0) is 10.7. The van der Waals surface area contributed by atoms with Gasteiger partial charge in [0.1, 0.15) is 0 Å². The van der Waals surface area contributed by atoms with E-state index in [9.17, 15) is 9.90 Å². The quantitative estimate of drug-likeness (QED) is 0.649. The minimum Gasteiger partial charge on any atom is -0.394 e. The number of aldehydes is 1. The summed E-state index contributed by atoms with van der Waals surface area (Å²) in [4.78, 5) is 10.7. The molecule has 0 radical (unpaired) electrons. The predicted molar refractivity (Wildman–Crippen MR) is 50.2 cm³/mol. The lowest BCUT2D eigenvalue weighted by Gasteiger charge is -2.08. The number of nitrogens with zero attached hydrogens (tertiary/aromatic N) is 2. The van der Waals surface area contributed by atoms with Crippen LogP contribution < -0.4 is 0 Å². The fourth-order valence-corrected chi connectivity index (χ4v) is 1.32. The van der Waals surface area contributed by atoms with Crippen molar-refractivity contribution < 1.29 is 15.0 Å². The average Bonchev–Trinajstić information content (AvgIpc) is 2.42. The van der Waals surface area contributed by atoms with Crippen molar-refractivity contribution in [3.63, 3.8) is 0 Å². The number of carbonyl (C=O) groups is 1. The summed E-state index contributed by atoms with van der Waals surface area (Å²) in [7, 11) is 0. The van der Waals surface area contributed by atoms with Gasteiger partial charge in [-0.2, -0.15) is 5.10 Å². The molecule has 1 aromatic heterocycles. The summed E-state index contributed by atoms with van der Waals surface area (Å²) in [6, 6.07) is 0. The largest absolute Gasteiger partial charge is 0.394 e. The standard InChI is InChI=1S/C9H14N2O3/c1-6-9(5-13)7(2)11(10-6)3-8(14)4-12/h5,8,12,14H,3-4H2,1-2H3. The summed E-state index contributed by atoms with van der Waals surface area (Å²) >= 11 is 0. The van der Waals surface area contributed by atoms with Crippen molar-refractivity contribution in [1.82, 2.24) is 9.78 Å². The second-order valence-electron chi connectivity index (χ2n) is 3.22. The van der Waals surface area contributed by atoms with Crippen LogP contribution in [0.5, 0.6) is 0 Å². The Hall–Kier alpha value is -1.20.